The van der Waals surface area contributed by atoms with Crippen LogP contribution in [0.4, 0.5) is 11.4 Å². The van der Waals surface area contributed by atoms with Crippen molar-refractivity contribution in [3.63, 3.8) is 0 Å². The molecule has 2 aliphatic rings. The third-order valence-electron chi connectivity index (χ3n) is 8.42. The standard InChI is InChI=1S/C32H37IN2O8/c1-4-7-20-15-23-29(32(40)34(31(23)39)21-8-6-9-22(16-21)35(41)42)24(17-36)28(20)26(37)11-10-18(5-2)12-19-13-25(33)30(38)27(14-19)43-3/h6,8-9,12-14,16,23-24,26,29,36-38H,4-5,7,10-11,15,17H2,1-3H3/b18-12+/t23-,24+,26-,29-/m1/s1. The van der Waals surface area contributed by atoms with E-state index in [0.29, 0.717) is 40.6 Å². The Hall–Kier alpha value is -3.29. The number of methoxy groups -OCH3 is 1. The minimum absolute atomic E-state index is 0.0822. The van der Waals surface area contributed by atoms with Crippen molar-refractivity contribution in [3.8, 4) is 11.5 Å². The normalized spacial score (nSPS) is 21.3. The predicted octanol–water partition coefficient (Wildman–Crippen LogP) is 5.76. The molecule has 2 aromatic carbocycles. The zero-order valence-corrected chi connectivity index (χ0v) is 26.6. The molecule has 1 heterocycles. The van der Waals surface area contributed by atoms with Gasteiger partial charge in [0.05, 0.1) is 45.8 Å². The molecule has 1 saturated heterocycles. The number of rotatable bonds is 12. The van der Waals surface area contributed by atoms with E-state index in [-0.39, 0.29) is 17.1 Å². The van der Waals surface area contributed by atoms with Gasteiger partial charge in [0.1, 0.15) is 0 Å². The topological polar surface area (TPSA) is 150 Å². The van der Waals surface area contributed by atoms with E-state index < -0.39 is 47.2 Å². The molecule has 10 nitrogen and oxygen atoms in total. The summed E-state index contributed by atoms with van der Waals surface area (Å²) in [6.45, 7) is 3.61. The summed E-state index contributed by atoms with van der Waals surface area (Å²) in [6.07, 6.45) is 4.39. The van der Waals surface area contributed by atoms with Gasteiger partial charge < -0.3 is 20.1 Å². The van der Waals surface area contributed by atoms with Crippen molar-refractivity contribution in [2.24, 2.45) is 17.8 Å². The number of amides is 2. The number of halogens is 1. The number of aromatic hydroxyl groups is 1. The van der Waals surface area contributed by atoms with E-state index in [1.54, 1.807) is 6.07 Å². The largest absolute Gasteiger partial charge is 0.504 e. The molecule has 1 aliphatic carbocycles. The number of aliphatic hydroxyl groups is 2. The number of non-ortho nitro benzene ring substituents is 1. The third-order valence-corrected chi connectivity index (χ3v) is 9.25. The maximum atomic E-state index is 13.7. The SMILES string of the molecule is CCCC1=C([C@H](O)CC/C(=C/c2cc(I)c(O)c(OC)c2)CC)[C@H](CO)[C@@H]2C(=O)N(c3cccc([N+](=O)[O-])c3)C(=O)[C@@H]2C1. The van der Waals surface area contributed by atoms with Crippen molar-refractivity contribution in [1.82, 2.24) is 0 Å². The van der Waals surface area contributed by atoms with Gasteiger partial charge in [-0.15, -0.1) is 0 Å². The number of ether oxygens (including phenoxy) is 1. The number of hydrogen-bond acceptors (Lipinski definition) is 8. The Morgan fingerprint density at radius 3 is 2.60 bits per heavy atom. The quantitative estimate of drug-likeness (QED) is 0.0830. The van der Waals surface area contributed by atoms with Gasteiger partial charge in [-0.2, -0.15) is 0 Å². The first kappa shape index (κ1) is 32.6. The monoisotopic (exact) mass is 704 g/mol. The highest BCUT2D eigenvalue weighted by molar-refractivity contribution is 14.1. The lowest BCUT2D eigenvalue weighted by Crippen LogP contribution is -2.39. The molecule has 0 spiro atoms. The van der Waals surface area contributed by atoms with Crippen LogP contribution in [0.25, 0.3) is 6.08 Å². The van der Waals surface area contributed by atoms with Crippen LogP contribution in [-0.2, 0) is 9.59 Å². The number of fused-ring (bicyclic) bond motifs is 1. The molecular weight excluding hydrogens is 667 g/mol. The number of imide groups is 1. The van der Waals surface area contributed by atoms with Gasteiger partial charge >= 0.3 is 0 Å². The highest BCUT2D eigenvalue weighted by Gasteiger charge is 2.55. The van der Waals surface area contributed by atoms with Crippen LogP contribution in [0.1, 0.15) is 57.9 Å². The smallest absolute Gasteiger partial charge is 0.271 e. The number of nitro groups is 1. The van der Waals surface area contributed by atoms with Gasteiger partial charge in [-0.1, -0.05) is 43.6 Å². The van der Waals surface area contributed by atoms with E-state index in [9.17, 15) is 35.0 Å². The van der Waals surface area contributed by atoms with Gasteiger partial charge in [-0.25, -0.2) is 4.90 Å². The number of allylic oxidation sites excluding steroid dienone is 2. The molecule has 2 amide bonds. The third kappa shape index (κ3) is 6.63. The number of nitrogens with zero attached hydrogens (tertiary/aromatic N) is 2. The number of benzene rings is 2. The Bertz CT molecular complexity index is 1470. The molecule has 2 aromatic rings. The van der Waals surface area contributed by atoms with Crippen LogP contribution in [0.5, 0.6) is 11.5 Å². The van der Waals surface area contributed by atoms with Crippen LogP contribution in [-0.4, -0.2) is 51.9 Å². The first-order chi connectivity index (χ1) is 20.6. The average Bonchev–Trinajstić information content (AvgIpc) is 3.24. The molecule has 43 heavy (non-hydrogen) atoms. The van der Waals surface area contributed by atoms with E-state index in [0.717, 1.165) is 34.5 Å². The summed E-state index contributed by atoms with van der Waals surface area (Å²) in [4.78, 5) is 39.1. The van der Waals surface area contributed by atoms with Gasteiger partial charge in [0.25, 0.3) is 5.69 Å². The molecule has 3 N–H and O–H groups in total. The van der Waals surface area contributed by atoms with E-state index in [2.05, 4.69) is 0 Å². The predicted molar refractivity (Wildman–Crippen MR) is 171 cm³/mol. The zero-order valence-electron chi connectivity index (χ0n) is 24.5. The number of carbonyl (C=O) groups excluding carboxylic acids is 2. The zero-order chi connectivity index (χ0) is 31.4. The van der Waals surface area contributed by atoms with Crippen LogP contribution >= 0.6 is 22.6 Å². The minimum atomic E-state index is -0.932. The summed E-state index contributed by atoms with van der Waals surface area (Å²) in [5, 5.41) is 43.7. The van der Waals surface area contributed by atoms with Crippen LogP contribution in [0, 0.1) is 31.4 Å². The number of anilines is 1. The summed E-state index contributed by atoms with van der Waals surface area (Å²) >= 11 is 2.05. The molecule has 230 valence electrons. The highest BCUT2D eigenvalue weighted by atomic mass is 127. The molecular formula is C32H37IN2O8. The van der Waals surface area contributed by atoms with Crippen molar-refractivity contribution in [3.05, 3.63) is 72.4 Å². The number of nitro benzene ring substituents is 1. The fourth-order valence-corrected chi connectivity index (χ4v) is 7.02. The van der Waals surface area contributed by atoms with Crippen molar-refractivity contribution < 1.29 is 34.6 Å². The lowest BCUT2D eigenvalue weighted by atomic mass is 9.67. The van der Waals surface area contributed by atoms with Gasteiger partial charge in [0, 0.05) is 18.1 Å². The maximum absolute atomic E-state index is 13.7. The Kier molecular flexibility index (Phi) is 10.6. The second-order valence-electron chi connectivity index (χ2n) is 11.0. The Balaban J connectivity index is 1.61. The Labute approximate surface area is 264 Å². The average molecular weight is 705 g/mol. The highest BCUT2D eigenvalue weighted by Crippen LogP contribution is 2.48. The van der Waals surface area contributed by atoms with E-state index in [4.69, 9.17) is 4.74 Å². The van der Waals surface area contributed by atoms with Gasteiger partial charge in [0.15, 0.2) is 11.5 Å². The van der Waals surface area contributed by atoms with Gasteiger partial charge in [0.2, 0.25) is 11.8 Å². The number of hydrogen-bond donors (Lipinski definition) is 3. The Morgan fingerprint density at radius 2 is 1.98 bits per heavy atom. The molecule has 4 atom stereocenters. The number of aliphatic hydroxyl groups excluding tert-OH is 2. The Morgan fingerprint density at radius 1 is 1.23 bits per heavy atom. The number of phenols is 1. The van der Waals surface area contributed by atoms with E-state index in [1.807, 2.05) is 48.6 Å². The molecule has 11 heteroatoms. The second kappa shape index (κ2) is 14.0. The van der Waals surface area contributed by atoms with Crippen molar-refractivity contribution >= 4 is 51.9 Å². The molecule has 0 radical (unpaired) electrons. The summed E-state index contributed by atoms with van der Waals surface area (Å²) in [5.41, 5.74) is 3.35. The van der Waals surface area contributed by atoms with Crippen LogP contribution in [0.15, 0.2) is 53.1 Å². The molecule has 0 bridgehead atoms. The molecule has 1 fully saturated rings. The number of carbonyl (C=O) groups is 2. The summed E-state index contributed by atoms with van der Waals surface area (Å²) in [6, 6.07) is 9.04. The van der Waals surface area contributed by atoms with Gasteiger partial charge in [-0.3, -0.25) is 19.7 Å². The fourth-order valence-electron chi connectivity index (χ4n) is 6.39. The van der Waals surface area contributed by atoms with Crippen molar-refractivity contribution in [2.75, 3.05) is 18.6 Å². The number of phenolic OH excluding ortho intramolecular Hbond substituents is 1. The molecule has 0 saturated carbocycles. The molecule has 0 aromatic heterocycles. The van der Waals surface area contributed by atoms with Crippen LogP contribution in [0.2, 0.25) is 0 Å². The molecule has 4 rings (SSSR count). The lowest BCUT2D eigenvalue weighted by molar-refractivity contribution is -0.384. The molecule has 1 aliphatic heterocycles. The van der Waals surface area contributed by atoms with Crippen molar-refractivity contribution in [1.29, 1.82) is 0 Å². The molecule has 0 unspecified atom stereocenters. The van der Waals surface area contributed by atoms with E-state index in [1.165, 1.54) is 31.4 Å². The van der Waals surface area contributed by atoms with Crippen LogP contribution in [0.3, 0.4) is 0 Å². The first-order valence-electron chi connectivity index (χ1n) is 14.4. The fraction of sp³-hybridized carbons (Fsp3) is 0.438. The lowest BCUT2D eigenvalue weighted by Gasteiger charge is -2.36. The maximum Gasteiger partial charge on any atom is 0.271 e. The van der Waals surface area contributed by atoms with Gasteiger partial charge in [-0.05, 0) is 84.0 Å². The summed E-state index contributed by atoms with van der Waals surface area (Å²) < 4.78 is 5.94. The van der Waals surface area contributed by atoms with Crippen LogP contribution < -0.4 is 9.64 Å². The van der Waals surface area contributed by atoms with Crippen molar-refractivity contribution in [2.45, 2.75) is 58.5 Å². The summed E-state index contributed by atoms with van der Waals surface area (Å²) in [5.74, 6) is -2.81. The summed E-state index contributed by atoms with van der Waals surface area (Å²) in [7, 11) is 1.50. The first-order valence-corrected chi connectivity index (χ1v) is 15.5. The minimum Gasteiger partial charge on any atom is -0.504 e. The van der Waals surface area contributed by atoms with E-state index >= 15 is 0 Å². The second-order valence-corrected chi connectivity index (χ2v) is 12.1.